The maximum absolute atomic E-state index is 12.3. The van der Waals surface area contributed by atoms with Gasteiger partial charge in [0.25, 0.3) is 0 Å². The predicted octanol–water partition coefficient (Wildman–Crippen LogP) is 0.701. The Kier molecular flexibility index (Phi) is 3.58. The van der Waals surface area contributed by atoms with Crippen LogP contribution in [0.4, 0.5) is 0 Å². The third kappa shape index (κ3) is 2.09. The largest absolute Gasteiger partial charge is 0.396 e. The minimum absolute atomic E-state index is 0.00848. The van der Waals surface area contributed by atoms with Gasteiger partial charge in [0.05, 0.1) is 24.0 Å². The van der Waals surface area contributed by atoms with E-state index in [9.17, 15) is 9.59 Å². The molecule has 3 heterocycles. The van der Waals surface area contributed by atoms with Gasteiger partial charge in [-0.2, -0.15) is 0 Å². The molecule has 0 radical (unpaired) electrons. The fourth-order valence-electron chi connectivity index (χ4n) is 3.73. The van der Waals surface area contributed by atoms with Crippen molar-refractivity contribution < 1.29 is 19.4 Å². The molecule has 3 rings (SSSR count). The van der Waals surface area contributed by atoms with Crippen LogP contribution in [0.3, 0.4) is 0 Å². The quantitative estimate of drug-likeness (QED) is 0.568. The van der Waals surface area contributed by atoms with Crippen LogP contribution in [0.15, 0.2) is 0 Å². The van der Waals surface area contributed by atoms with Crippen LogP contribution in [-0.4, -0.2) is 47.2 Å². The number of rotatable bonds is 6. The number of hydrogen-bond donors (Lipinski definition) is 1. The lowest BCUT2D eigenvalue weighted by Crippen LogP contribution is -2.35. The number of fused-ring (bicyclic) bond motifs is 5. The van der Waals surface area contributed by atoms with Crippen LogP contribution in [0.5, 0.6) is 0 Å². The molecule has 0 aliphatic carbocycles. The van der Waals surface area contributed by atoms with E-state index >= 15 is 0 Å². The van der Waals surface area contributed by atoms with Crippen molar-refractivity contribution in [1.82, 2.24) is 4.90 Å². The number of aliphatic hydroxyl groups is 1. The summed E-state index contributed by atoms with van der Waals surface area (Å²) in [7, 11) is 0. The van der Waals surface area contributed by atoms with E-state index in [0.29, 0.717) is 6.54 Å². The van der Waals surface area contributed by atoms with E-state index in [1.54, 1.807) is 0 Å². The number of carbonyl (C=O) groups excluding carboxylic acids is 2. The van der Waals surface area contributed by atoms with Crippen LogP contribution in [0.25, 0.3) is 0 Å². The average molecular weight is 267 g/mol. The van der Waals surface area contributed by atoms with E-state index in [4.69, 9.17) is 9.84 Å². The highest BCUT2D eigenvalue weighted by Crippen LogP contribution is 2.48. The van der Waals surface area contributed by atoms with Gasteiger partial charge in [-0.15, -0.1) is 0 Å². The molecule has 3 saturated heterocycles. The number of imide groups is 1. The summed E-state index contributed by atoms with van der Waals surface area (Å²) in [4.78, 5) is 26.0. The molecule has 0 aromatic carbocycles. The van der Waals surface area contributed by atoms with Crippen LogP contribution >= 0.6 is 0 Å². The first-order valence-electron chi connectivity index (χ1n) is 7.35. The van der Waals surface area contributed by atoms with Crippen LogP contribution < -0.4 is 0 Å². The maximum Gasteiger partial charge on any atom is 0.235 e. The van der Waals surface area contributed by atoms with E-state index in [2.05, 4.69) is 0 Å². The number of ether oxygens (including phenoxy) is 1. The lowest BCUT2D eigenvalue weighted by molar-refractivity contribution is -0.142. The predicted molar refractivity (Wildman–Crippen MR) is 67.1 cm³/mol. The summed E-state index contributed by atoms with van der Waals surface area (Å²) in [6, 6.07) is 0. The first-order chi connectivity index (χ1) is 9.24. The topological polar surface area (TPSA) is 66.8 Å². The Bertz CT molecular complexity index is 356. The van der Waals surface area contributed by atoms with Gasteiger partial charge in [0.15, 0.2) is 0 Å². The van der Waals surface area contributed by atoms with Gasteiger partial charge in [-0.25, -0.2) is 0 Å². The van der Waals surface area contributed by atoms with Crippen LogP contribution in [-0.2, 0) is 14.3 Å². The summed E-state index contributed by atoms with van der Waals surface area (Å²) in [5.74, 6) is -0.402. The van der Waals surface area contributed by atoms with Gasteiger partial charge >= 0.3 is 0 Å². The molecule has 0 saturated carbocycles. The molecule has 5 nitrogen and oxygen atoms in total. The summed E-state index contributed by atoms with van der Waals surface area (Å²) in [6.45, 7) is 0.752. The Labute approximate surface area is 112 Å². The normalized spacial score (nSPS) is 36.4. The zero-order valence-electron chi connectivity index (χ0n) is 11.1. The summed E-state index contributed by atoms with van der Waals surface area (Å²) in [5, 5.41) is 8.70. The number of hydrogen-bond acceptors (Lipinski definition) is 4. The smallest absolute Gasteiger partial charge is 0.235 e. The van der Waals surface area contributed by atoms with Gasteiger partial charge in [-0.05, 0) is 25.7 Å². The zero-order valence-corrected chi connectivity index (χ0v) is 11.1. The second-order valence-electron chi connectivity index (χ2n) is 5.81. The Morgan fingerprint density at radius 3 is 2.16 bits per heavy atom. The molecule has 5 heteroatoms. The number of aliphatic hydroxyl groups excluding tert-OH is 1. The third-order valence-corrected chi connectivity index (χ3v) is 4.67. The number of carbonyl (C=O) groups is 2. The van der Waals surface area contributed by atoms with Gasteiger partial charge in [0, 0.05) is 13.2 Å². The van der Waals surface area contributed by atoms with Crippen molar-refractivity contribution in [1.29, 1.82) is 0 Å². The second-order valence-corrected chi connectivity index (χ2v) is 5.81. The zero-order chi connectivity index (χ0) is 13.4. The summed E-state index contributed by atoms with van der Waals surface area (Å²) >= 11 is 0. The number of amides is 2. The summed E-state index contributed by atoms with van der Waals surface area (Å²) in [5.41, 5.74) is 0. The molecule has 3 aliphatic rings. The lowest BCUT2D eigenvalue weighted by atomic mass is 9.81. The average Bonchev–Trinajstić information content (AvgIpc) is 3.06. The summed E-state index contributed by atoms with van der Waals surface area (Å²) in [6.07, 6.45) is 5.38. The van der Waals surface area contributed by atoms with Crippen molar-refractivity contribution >= 4 is 11.8 Å². The second kappa shape index (κ2) is 5.21. The standard InChI is InChI=1S/C14H21NO4/c16-8-4-2-1-3-7-15-13(17)11-9-5-6-10(19-9)12(11)14(15)18/h9-12,16H,1-8H2/t9-,10-,11?,12?/m1/s1. The first kappa shape index (κ1) is 13.1. The molecule has 3 fully saturated rings. The third-order valence-electron chi connectivity index (χ3n) is 4.67. The van der Waals surface area contributed by atoms with Crippen molar-refractivity contribution in [2.45, 2.75) is 50.7 Å². The maximum atomic E-state index is 12.3. The number of unbranched alkanes of at least 4 members (excludes halogenated alkanes) is 3. The highest BCUT2D eigenvalue weighted by molar-refractivity contribution is 6.06. The van der Waals surface area contributed by atoms with Gasteiger partial charge < -0.3 is 9.84 Å². The molecular formula is C14H21NO4. The van der Waals surface area contributed by atoms with Crippen molar-refractivity contribution in [3.05, 3.63) is 0 Å². The van der Waals surface area contributed by atoms with Crippen LogP contribution in [0.1, 0.15) is 38.5 Å². The Morgan fingerprint density at radius 1 is 1.00 bits per heavy atom. The fourth-order valence-corrected chi connectivity index (χ4v) is 3.73. The highest BCUT2D eigenvalue weighted by atomic mass is 16.5. The molecule has 1 N–H and O–H groups in total. The van der Waals surface area contributed by atoms with Crippen molar-refractivity contribution in [2.24, 2.45) is 11.8 Å². The molecule has 3 aliphatic heterocycles. The molecule has 2 amide bonds. The molecule has 0 spiro atoms. The minimum atomic E-state index is -0.191. The van der Waals surface area contributed by atoms with Gasteiger partial charge in [0.2, 0.25) is 11.8 Å². The molecule has 2 bridgehead atoms. The first-order valence-corrected chi connectivity index (χ1v) is 7.35. The lowest BCUT2D eigenvalue weighted by Gasteiger charge is -2.17. The molecule has 2 unspecified atom stereocenters. The van der Waals surface area contributed by atoms with Crippen molar-refractivity contribution in [2.75, 3.05) is 13.2 Å². The molecule has 19 heavy (non-hydrogen) atoms. The fraction of sp³-hybridized carbons (Fsp3) is 0.857. The Morgan fingerprint density at radius 2 is 1.58 bits per heavy atom. The van der Waals surface area contributed by atoms with E-state index in [1.165, 1.54) is 4.90 Å². The van der Waals surface area contributed by atoms with Gasteiger partial charge in [0.1, 0.15) is 0 Å². The monoisotopic (exact) mass is 267 g/mol. The van der Waals surface area contributed by atoms with E-state index in [0.717, 1.165) is 38.5 Å². The summed E-state index contributed by atoms with van der Waals surface area (Å²) < 4.78 is 5.69. The molecule has 0 aromatic rings. The number of nitrogens with zero attached hydrogens (tertiary/aromatic N) is 1. The van der Waals surface area contributed by atoms with Crippen LogP contribution in [0.2, 0.25) is 0 Å². The van der Waals surface area contributed by atoms with E-state index in [-0.39, 0.29) is 42.5 Å². The SMILES string of the molecule is O=C1C2C(C(=O)N1CCCCCCO)[C@H]1CC[C@H]2O1. The molecule has 106 valence electrons. The van der Waals surface area contributed by atoms with Gasteiger partial charge in [-0.3, -0.25) is 14.5 Å². The molecule has 4 atom stereocenters. The van der Waals surface area contributed by atoms with Crippen LogP contribution in [0, 0.1) is 11.8 Å². The highest BCUT2D eigenvalue weighted by Gasteiger charge is 2.62. The van der Waals surface area contributed by atoms with Crippen molar-refractivity contribution in [3.8, 4) is 0 Å². The Balaban J connectivity index is 1.56. The van der Waals surface area contributed by atoms with E-state index in [1.807, 2.05) is 0 Å². The molecule has 0 aromatic heterocycles. The van der Waals surface area contributed by atoms with Crippen molar-refractivity contribution in [3.63, 3.8) is 0 Å². The molecular weight excluding hydrogens is 246 g/mol. The van der Waals surface area contributed by atoms with Gasteiger partial charge in [-0.1, -0.05) is 12.8 Å². The Hall–Kier alpha value is -0.940. The number of likely N-dealkylation sites (tertiary alicyclic amines) is 1. The van der Waals surface area contributed by atoms with E-state index < -0.39 is 0 Å². The minimum Gasteiger partial charge on any atom is -0.396 e.